The van der Waals surface area contributed by atoms with Crippen LogP contribution in [0.2, 0.25) is 0 Å². The van der Waals surface area contributed by atoms with Crippen molar-refractivity contribution in [2.24, 2.45) is 0 Å². The maximum atomic E-state index is 3.63. The van der Waals surface area contributed by atoms with Gasteiger partial charge in [-0.25, -0.2) is 0 Å². The van der Waals surface area contributed by atoms with E-state index in [0.717, 1.165) is 12.6 Å². The van der Waals surface area contributed by atoms with E-state index in [2.05, 4.69) is 35.3 Å². The fourth-order valence-corrected chi connectivity index (χ4v) is 3.76. The molecule has 110 valence electrons. The first-order chi connectivity index (χ1) is 9.85. The maximum Gasteiger partial charge on any atom is 0.0234 e. The number of rotatable bonds is 6. The lowest BCUT2D eigenvalue weighted by Crippen LogP contribution is -2.37. The minimum Gasteiger partial charge on any atom is -0.313 e. The molecule has 1 heterocycles. The van der Waals surface area contributed by atoms with E-state index in [4.69, 9.17) is 0 Å². The monoisotopic (exact) mass is 272 g/mol. The van der Waals surface area contributed by atoms with E-state index in [1.807, 2.05) is 0 Å². The topological polar surface area (TPSA) is 15.3 Å². The van der Waals surface area contributed by atoms with Crippen LogP contribution >= 0.6 is 0 Å². The van der Waals surface area contributed by atoms with Crippen molar-refractivity contribution >= 4 is 0 Å². The number of hydrogen-bond acceptors (Lipinski definition) is 2. The molecular weight excluding hydrogens is 244 g/mol. The molecule has 0 aromatic heterocycles. The van der Waals surface area contributed by atoms with Gasteiger partial charge in [0.1, 0.15) is 0 Å². The van der Waals surface area contributed by atoms with E-state index < -0.39 is 0 Å². The van der Waals surface area contributed by atoms with Crippen LogP contribution in [0.4, 0.5) is 0 Å². The summed E-state index contributed by atoms with van der Waals surface area (Å²) < 4.78 is 0. The molecule has 1 unspecified atom stereocenters. The summed E-state index contributed by atoms with van der Waals surface area (Å²) in [6.45, 7) is 7.06. The summed E-state index contributed by atoms with van der Waals surface area (Å²) in [5.41, 5.74) is 4.71. The van der Waals surface area contributed by atoms with Crippen LogP contribution in [-0.2, 0) is 19.4 Å². The van der Waals surface area contributed by atoms with Gasteiger partial charge in [0.25, 0.3) is 0 Å². The van der Waals surface area contributed by atoms with Crippen molar-refractivity contribution in [1.29, 1.82) is 0 Å². The summed E-state index contributed by atoms with van der Waals surface area (Å²) in [5, 5.41) is 3.63. The van der Waals surface area contributed by atoms with Crippen LogP contribution in [0.15, 0.2) is 18.2 Å². The lowest BCUT2D eigenvalue weighted by atomic mass is 10.1. The number of nitrogens with one attached hydrogen (secondary N) is 1. The van der Waals surface area contributed by atoms with Crippen molar-refractivity contribution in [3.8, 4) is 0 Å². The third-order valence-corrected chi connectivity index (χ3v) is 4.75. The third-order valence-electron chi connectivity index (χ3n) is 4.75. The molecule has 1 atom stereocenters. The van der Waals surface area contributed by atoms with Crippen LogP contribution in [0.25, 0.3) is 0 Å². The highest BCUT2D eigenvalue weighted by Crippen LogP contribution is 2.23. The van der Waals surface area contributed by atoms with Crippen LogP contribution < -0.4 is 5.32 Å². The molecule has 1 fully saturated rings. The van der Waals surface area contributed by atoms with Gasteiger partial charge in [-0.15, -0.1) is 0 Å². The standard InChI is InChI=1S/C18H28N2/c1-2-11-20(14-18-7-4-10-19-18)13-15-8-9-16-5-3-6-17(16)12-15/h8-9,12,18-19H,2-7,10-11,13-14H2,1H3. The van der Waals surface area contributed by atoms with Gasteiger partial charge in [0, 0.05) is 19.1 Å². The summed E-state index contributed by atoms with van der Waals surface area (Å²) >= 11 is 0. The van der Waals surface area contributed by atoms with E-state index in [0.29, 0.717) is 0 Å². The van der Waals surface area contributed by atoms with Gasteiger partial charge in [-0.1, -0.05) is 25.1 Å². The Hall–Kier alpha value is -0.860. The fraction of sp³-hybridized carbons (Fsp3) is 0.667. The number of fused-ring (bicyclic) bond motifs is 1. The normalized spacial score (nSPS) is 21.6. The molecule has 0 bridgehead atoms. The van der Waals surface area contributed by atoms with Crippen LogP contribution in [-0.4, -0.2) is 30.6 Å². The molecule has 20 heavy (non-hydrogen) atoms. The number of aryl methyl sites for hydroxylation is 2. The lowest BCUT2D eigenvalue weighted by Gasteiger charge is -2.25. The van der Waals surface area contributed by atoms with Gasteiger partial charge in [0.2, 0.25) is 0 Å². The van der Waals surface area contributed by atoms with Crippen LogP contribution in [0, 0.1) is 0 Å². The first-order valence-corrected chi connectivity index (χ1v) is 8.41. The van der Waals surface area contributed by atoms with Gasteiger partial charge >= 0.3 is 0 Å². The Morgan fingerprint density at radius 1 is 1.20 bits per heavy atom. The maximum absolute atomic E-state index is 3.63. The summed E-state index contributed by atoms with van der Waals surface area (Å²) in [5.74, 6) is 0. The smallest absolute Gasteiger partial charge is 0.0234 e. The molecule has 1 aromatic carbocycles. The van der Waals surface area contributed by atoms with E-state index >= 15 is 0 Å². The van der Waals surface area contributed by atoms with E-state index in [1.165, 1.54) is 63.7 Å². The Morgan fingerprint density at radius 3 is 2.90 bits per heavy atom. The third kappa shape index (κ3) is 3.42. The SMILES string of the molecule is CCCN(Cc1ccc2c(c1)CCC2)CC1CCCN1. The molecule has 2 aliphatic rings. The van der Waals surface area contributed by atoms with Crippen LogP contribution in [0.3, 0.4) is 0 Å². The molecule has 1 aliphatic carbocycles. The van der Waals surface area contributed by atoms with Gasteiger partial charge in [-0.05, 0) is 68.3 Å². The summed E-state index contributed by atoms with van der Waals surface area (Å²) in [6.07, 6.45) is 7.89. The first kappa shape index (κ1) is 14.1. The molecule has 1 N–H and O–H groups in total. The Labute approximate surface area is 123 Å². The van der Waals surface area contributed by atoms with Gasteiger partial charge in [0.15, 0.2) is 0 Å². The van der Waals surface area contributed by atoms with Gasteiger partial charge in [0.05, 0.1) is 0 Å². The zero-order valence-corrected chi connectivity index (χ0v) is 12.8. The second kappa shape index (κ2) is 6.73. The predicted octanol–water partition coefficient (Wildman–Crippen LogP) is 3.14. The Balaban J connectivity index is 1.62. The molecule has 0 radical (unpaired) electrons. The molecule has 1 aliphatic heterocycles. The molecule has 0 spiro atoms. The number of benzene rings is 1. The summed E-state index contributed by atoms with van der Waals surface area (Å²) in [7, 11) is 0. The van der Waals surface area contributed by atoms with Gasteiger partial charge in [-0.3, -0.25) is 4.90 Å². The fourth-order valence-electron chi connectivity index (χ4n) is 3.76. The van der Waals surface area contributed by atoms with E-state index in [9.17, 15) is 0 Å². The van der Waals surface area contributed by atoms with Gasteiger partial charge in [-0.2, -0.15) is 0 Å². The molecule has 1 saturated heterocycles. The quantitative estimate of drug-likeness (QED) is 0.856. The summed E-state index contributed by atoms with van der Waals surface area (Å²) in [6, 6.07) is 7.91. The Kier molecular flexibility index (Phi) is 4.74. The second-order valence-electron chi connectivity index (χ2n) is 6.49. The van der Waals surface area contributed by atoms with Crippen molar-refractivity contribution in [1.82, 2.24) is 10.2 Å². The van der Waals surface area contributed by atoms with Crippen molar-refractivity contribution in [2.45, 2.75) is 58.0 Å². The molecule has 2 heteroatoms. The van der Waals surface area contributed by atoms with E-state index in [-0.39, 0.29) is 0 Å². The Bertz CT molecular complexity index is 435. The highest BCUT2D eigenvalue weighted by Gasteiger charge is 2.18. The molecule has 2 nitrogen and oxygen atoms in total. The number of hydrogen-bond donors (Lipinski definition) is 1. The average molecular weight is 272 g/mol. The van der Waals surface area contributed by atoms with Crippen LogP contribution in [0.1, 0.15) is 49.3 Å². The zero-order valence-electron chi connectivity index (χ0n) is 12.8. The highest BCUT2D eigenvalue weighted by atomic mass is 15.1. The molecule has 0 amide bonds. The molecule has 0 saturated carbocycles. The average Bonchev–Trinajstić information content (AvgIpc) is 3.09. The van der Waals surface area contributed by atoms with Crippen molar-refractivity contribution < 1.29 is 0 Å². The van der Waals surface area contributed by atoms with Crippen molar-refractivity contribution in [2.75, 3.05) is 19.6 Å². The molecule has 3 rings (SSSR count). The van der Waals surface area contributed by atoms with Crippen molar-refractivity contribution in [3.05, 3.63) is 34.9 Å². The second-order valence-corrected chi connectivity index (χ2v) is 6.49. The van der Waals surface area contributed by atoms with E-state index in [1.54, 1.807) is 11.1 Å². The molecular formula is C18H28N2. The number of nitrogens with zero attached hydrogens (tertiary/aromatic N) is 1. The predicted molar refractivity (Wildman–Crippen MR) is 85.1 cm³/mol. The van der Waals surface area contributed by atoms with Gasteiger partial charge < -0.3 is 5.32 Å². The summed E-state index contributed by atoms with van der Waals surface area (Å²) in [4.78, 5) is 2.64. The van der Waals surface area contributed by atoms with Crippen LogP contribution in [0.5, 0.6) is 0 Å². The first-order valence-electron chi connectivity index (χ1n) is 8.41. The highest BCUT2D eigenvalue weighted by molar-refractivity contribution is 5.35. The Morgan fingerprint density at radius 2 is 2.10 bits per heavy atom. The zero-order chi connectivity index (χ0) is 13.8. The largest absolute Gasteiger partial charge is 0.313 e. The minimum absolute atomic E-state index is 0.718. The lowest BCUT2D eigenvalue weighted by molar-refractivity contribution is 0.241. The molecule has 1 aromatic rings. The van der Waals surface area contributed by atoms with Crippen molar-refractivity contribution in [3.63, 3.8) is 0 Å². The minimum atomic E-state index is 0.718.